The predicted octanol–water partition coefficient (Wildman–Crippen LogP) is 2.77. The van der Waals surface area contributed by atoms with E-state index in [1.165, 1.54) is 24.2 Å². The zero-order chi connectivity index (χ0) is 33.4. The van der Waals surface area contributed by atoms with E-state index in [0.717, 1.165) is 0 Å². The van der Waals surface area contributed by atoms with Crippen molar-refractivity contribution in [1.82, 2.24) is 10.2 Å². The number of nitrogens with one attached hydrogen (secondary N) is 1. The first-order chi connectivity index (χ1) is 22.1. The molecule has 248 valence electrons. The number of amides is 2. The van der Waals surface area contributed by atoms with E-state index < -0.39 is 35.7 Å². The van der Waals surface area contributed by atoms with Crippen LogP contribution in [0.3, 0.4) is 0 Å². The Morgan fingerprint density at radius 1 is 1.17 bits per heavy atom. The summed E-state index contributed by atoms with van der Waals surface area (Å²) >= 11 is 2.02. The molecular formula is C33H39IN2O10. The largest absolute Gasteiger partial charge is 0.493 e. The lowest BCUT2D eigenvalue weighted by Gasteiger charge is -2.40. The third-order valence-electron chi connectivity index (χ3n) is 7.47. The number of carbonyl (C=O) groups is 2. The summed E-state index contributed by atoms with van der Waals surface area (Å²) in [5.74, 6) is -0.604. The van der Waals surface area contributed by atoms with Crippen molar-refractivity contribution in [3.8, 4) is 11.5 Å². The van der Waals surface area contributed by atoms with Gasteiger partial charge >= 0.3 is 5.63 Å². The number of rotatable bonds is 14. The maximum Gasteiger partial charge on any atom is 0.349 e. The van der Waals surface area contributed by atoms with Crippen molar-refractivity contribution in [3.63, 3.8) is 0 Å². The number of aliphatic hydroxyl groups excluding tert-OH is 3. The molecular weight excluding hydrogens is 711 g/mol. The number of carbonyl (C=O) groups excluding carboxylic acids is 2. The highest BCUT2D eigenvalue weighted by atomic mass is 127. The summed E-state index contributed by atoms with van der Waals surface area (Å²) in [6.45, 7) is 3.66. The van der Waals surface area contributed by atoms with Gasteiger partial charge in [0.25, 0.3) is 5.91 Å². The number of halogens is 1. The molecule has 1 aliphatic carbocycles. The number of methoxy groups -OCH3 is 1. The Bertz CT molecular complexity index is 1620. The molecule has 1 aliphatic rings. The molecule has 0 spiro atoms. The Morgan fingerprint density at radius 3 is 2.63 bits per heavy atom. The molecule has 46 heavy (non-hydrogen) atoms. The van der Waals surface area contributed by atoms with E-state index in [0.29, 0.717) is 38.9 Å². The lowest BCUT2D eigenvalue weighted by atomic mass is 9.87. The van der Waals surface area contributed by atoms with Gasteiger partial charge in [0.05, 0.1) is 36.0 Å². The minimum Gasteiger partial charge on any atom is -0.493 e. The molecule has 13 heteroatoms. The molecule has 0 fully saturated rings. The van der Waals surface area contributed by atoms with Gasteiger partial charge in [0.1, 0.15) is 23.4 Å². The van der Waals surface area contributed by atoms with Crippen LogP contribution in [-0.4, -0.2) is 89.8 Å². The lowest BCUT2D eigenvalue weighted by molar-refractivity contribution is -0.118. The Balaban J connectivity index is 1.76. The molecule has 0 saturated heterocycles. The van der Waals surface area contributed by atoms with Crippen molar-refractivity contribution in [2.45, 2.75) is 57.6 Å². The number of nitrogens with zero attached hydrogens (tertiary/aromatic N) is 1. The highest BCUT2D eigenvalue weighted by Crippen LogP contribution is 2.37. The van der Waals surface area contributed by atoms with Gasteiger partial charge in [-0.05, 0) is 78.8 Å². The monoisotopic (exact) mass is 750 g/mol. The number of hydrogen-bond donors (Lipinski definition) is 4. The fraction of sp³-hybridized carbons (Fsp3) is 0.424. The molecule has 4 rings (SSSR count). The van der Waals surface area contributed by atoms with Gasteiger partial charge in [0.15, 0.2) is 11.5 Å². The SMILES string of the molecule is COc1cc(CO)cc(I)c1O[C@H]1C=C(C(=O)NCCO)C[C@@H](N(CCCOC(C)C)C(=O)c2cc3ccccc3oc2=O)[C@@H]1O. The van der Waals surface area contributed by atoms with Gasteiger partial charge in [0.2, 0.25) is 5.91 Å². The van der Waals surface area contributed by atoms with Gasteiger partial charge in [-0.2, -0.15) is 0 Å². The molecule has 3 atom stereocenters. The van der Waals surface area contributed by atoms with Crippen LogP contribution in [0, 0.1) is 3.57 Å². The second kappa shape index (κ2) is 16.4. The van der Waals surface area contributed by atoms with Crippen LogP contribution in [0.25, 0.3) is 11.0 Å². The van der Waals surface area contributed by atoms with Gasteiger partial charge < -0.3 is 44.2 Å². The molecule has 3 aromatic rings. The number of fused-ring (bicyclic) bond motifs is 1. The van der Waals surface area contributed by atoms with Crippen molar-refractivity contribution >= 4 is 45.4 Å². The van der Waals surface area contributed by atoms with E-state index in [1.54, 1.807) is 36.4 Å². The minimum absolute atomic E-state index is 0.00339. The molecule has 0 unspecified atom stereocenters. The van der Waals surface area contributed by atoms with Crippen LogP contribution in [-0.2, 0) is 16.1 Å². The zero-order valence-corrected chi connectivity index (χ0v) is 28.1. The number of benzene rings is 2. The van der Waals surface area contributed by atoms with Gasteiger partial charge in [-0.3, -0.25) is 9.59 Å². The van der Waals surface area contributed by atoms with Gasteiger partial charge in [-0.25, -0.2) is 4.79 Å². The normalized spacial score (nSPS) is 17.9. The fourth-order valence-electron chi connectivity index (χ4n) is 5.23. The van der Waals surface area contributed by atoms with Crippen molar-refractivity contribution < 1.29 is 43.5 Å². The van der Waals surface area contributed by atoms with Crippen molar-refractivity contribution in [1.29, 1.82) is 0 Å². The summed E-state index contributed by atoms with van der Waals surface area (Å²) in [6, 6.07) is 10.6. The number of para-hydroxylation sites is 1. The van der Waals surface area contributed by atoms with Crippen LogP contribution in [0.5, 0.6) is 11.5 Å². The molecule has 2 amide bonds. The topological polar surface area (TPSA) is 168 Å². The van der Waals surface area contributed by atoms with E-state index >= 15 is 0 Å². The van der Waals surface area contributed by atoms with Gasteiger partial charge in [-0.15, -0.1) is 0 Å². The smallest absolute Gasteiger partial charge is 0.349 e. The van der Waals surface area contributed by atoms with Crippen LogP contribution in [0.1, 0.15) is 42.6 Å². The maximum absolute atomic E-state index is 14.2. The van der Waals surface area contributed by atoms with Crippen LogP contribution in [0.15, 0.2) is 63.3 Å². The van der Waals surface area contributed by atoms with Crippen molar-refractivity contribution in [2.24, 2.45) is 0 Å². The van der Waals surface area contributed by atoms with Crippen LogP contribution in [0.4, 0.5) is 0 Å². The first-order valence-corrected chi connectivity index (χ1v) is 16.0. The summed E-state index contributed by atoms with van der Waals surface area (Å²) in [5, 5.41) is 34.0. The maximum atomic E-state index is 14.2. The van der Waals surface area contributed by atoms with Gasteiger partial charge in [-0.1, -0.05) is 18.2 Å². The average molecular weight is 751 g/mol. The quantitative estimate of drug-likeness (QED) is 0.109. The third-order valence-corrected chi connectivity index (χ3v) is 8.27. The molecule has 0 aliphatic heterocycles. The second-order valence-corrected chi connectivity index (χ2v) is 12.2. The summed E-state index contributed by atoms with van der Waals surface area (Å²) in [4.78, 5) is 41.8. The number of ether oxygens (including phenoxy) is 3. The standard InChI is InChI=1S/C33H39IN2O10/c1-19(2)44-12-6-10-36(32(41)23-15-21-7-4-5-8-26(21)46-33(23)42)25-16-22(31(40)35-9-11-37)17-27(29(25)39)45-30-24(34)13-20(18-38)14-28(30)43-3/h4-5,7-8,13-15,17,19,25,27,29,37-39H,6,9-12,16,18H2,1-3H3,(H,35,40)/t25-,27+,29+/m1/s1. The van der Waals surface area contributed by atoms with Crippen LogP contribution >= 0.6 is 22.6 Å². The van der Waals surface area contributed by atoms with Crippen molar-refractivity contribution in [3.05, 3.63) is 79.2 Å². The Morgan fingerprint density at radius 2 is 1.93 bits per heavy atom. The van der Waals surface area contributed by atoms with E-state index in [9.17, 15) is 29.7 Å². The highest BCUT2D eigenvalue weighted by molar-refractivity contribution is 14.1. The zero-order valence-electron chi connectivity index (χ0n) is 25.9. The predicted molar refractivity (Wildman–Crippen MR) is 178 cm³/mol. The fourth-order valence-corrected chi connectivity index (χ4v) is 6.03. The summed E-state index contributed by atoms with van der Waals surface area (Å²) in [7, 11) is 1.44. The van der Waals surface area contributed by atoms with Crippen LogP contribution < -0.4 is 20.4 Å². The van der Waals surface area contributed by atoms with E-state index in [2.05, 4.69) is 5.32 Å². The van der Waals surface area contributed by atoms with Crippen molar-refractivity contribution in [2.75, 3.05) is 33.4 Å². The lowest BCUT2D eigenvalue weighted by Crippen LogP contribution is -2.56. The number of aliphatic hydroxyl groups is 3. The van der Waals surface area contributed by atoms with E-state index in [-0.39, 0.29) is 55.7 Å². The molecule has 4 N–H and O–H groups in total. The number of hydrogen-bond acceptors (Lipinski definition) is 10. The first-order valence-electron chi connectivity index (χ1n) is 14.9. The minimum atomic E-state index is -1.35. The average Bonchev–Trinajstić information content (AvgIpc) is 3.04. The van der Waals surface area contributed by atoms with Crippen LogP contribution in [0.2, 0.25) is 0 Å². The van der Waals surface area contributed by atoms with Gasteiger partial charge in [0, 0.05) is 37.1 Å². The second-order valence-electron chi connectivity index (χ2n) is 11.0. The Labute approximate surface area is 280 Å². The Hall–Kier alpha value is -3.50. The first kappa shape index (κ1) is 35.4. The molecule has 2 aromatic carbocycles. The summed E-state index contributed by atoms with van der Waals surface area (Å²) in [6.07, 6.45) is -0.735. The molecule has 1 heterocycles. The van der Waals surface area contributed by atoms with E-state index in [4.69, 9.17) is 18.6 Å². The highest BCUT2D eigenvalue weighted by Gasteiger charge is 2.41. The Kier molecular flexibility index (Phi) is 12.6. The summed E-state index contributed by atoms with van der Waals surface area (Å²) in [5.41, 5.74) is 0.0877. The van der Waals surface area contributed by atoms with E-state index in [1.807, 2.05) is 36.4 Å². The molecule has 0 bridgehead atoms. The molecule has 0 radical (unpaired) electrons. The molecule has 0 saturated carbocycles. The molecule has 1 aromatic heterocycles. The third kappa shape index (κ3) is 8.45. The summed E-state index contributed by atoms with van der Waals surface area (Å²) < 4.78 is 23.5. The molecule has 12 nitrogen and oxygen atoms in total.